The molecule has 3 rings (SSSR count). The Bertz CT molecular complexity index is 612. The molecule has 1 aromatic rings. The number of nitrogens with zero attached hydrogens (tertiary/aromatic N) is 2. The van der Waals surface area contributed by atoms with Gasteiger partial charge in [0, 0.05) is 37.8 Å². The maximum Gasteiger partial charge on any atom is 0.346 e. The molecule has 0 atom stereocenters. The lowest BCUT2D eigenvalue weighted by Crippen LogP contribution is -2.35. The molecule has 0 spiro atoms. The minimum atomic E-state index is -0.256. The summed E-state index contributed by atoms with van der Waals surface area (Å²) in [6.45, 7) is 6.68. The topological polar surface area (TPSA) is 42.0 Å². The fourth-order valence-electron chi connectivity index (χ4n) is 2.73. The molecular formula is C17H22N2O3S. The quantitative estimate of drug-likeness (QED) is 0.788. The van der Waals surface area contributed by atoms with Crippen LogP contribution in [0.3, 0.4) is 0 Å². The van der Waals surface area contributed by atoms with Crippen molar-refractivity contribution in [3.63, 3.8) is 0 Å². The highest BCUT2D eigenvalue weighted by atomic mass is 32.2. The molecule has 2 aliphatic rings. The molecule has 0 aliphatic carbocycles. The maximum atomic E-state index is 12.0. The zero-order chi connectivity index (χ0) is 16.2. The number of hydrogen-bond acceptors (Lipinski definition) is 6. The fourth-order valence-corrected chi connectivity index (χ4v) is 3.85. The Morgan fingerprint density at radius 1 is 1.35 bits per heavy atom. The lowest BCUT2D eigenvalue weighted by molar-refractivity contribution is -0.137. The highest BCUT2D eigenvalue weighted by molar-refractivity contribution is 8.04. The first-order chi connectivity index (χ1) is 11.2. The van der Waals surface area contributed by atoms with Gasteiger partial charge < -0.3 is 14.4 Å². The zero-order valence-corrected chi connectivity index (χ0v) is 14.4. The van der Waals surface area contributed by atoms with Gasteiger partial charge in [0.05, 0.1) is 25.5 Å². The van der Waals surface area contributed by atoms with Crippen LogP contribution in [-0.2, 0) is 20.8 Å². The molecule has 0 unspecified atom stereocenters. The van der Waals surface area contributed by atoms with E-state index in [2.05, 4.69) is 23.1 Å². The summed E-state index contributed by atoms with van der Waals surface area (Å²) in [5, 5.41) is 0. The molecule has 6 heteroatoms. The molecule has 2 aliphatic heterocycles. The number of anilines is 1. The summed E-state index contributed by atoms with van der Waals surface area (Å²) in [4.78, 5) is 18.1. The summed E-state index contributed by atoms with van der Waals surface area (Å²) in [5.41, 5.74) is 2.38. The van der Waals surface area contributed by atoms with Crippen molar-refractivity contribution >= 4 is 23.4 Å². The molecule has 23 heavy (non-hydrogen) atoms. The van der Waals surface area contributed by atoms with Crippen LogP contribution in [-0.4, -0.2) is 50.8 Å². The van der Waals surface area contributed by atoms with Crippen LogP contribution in [0, 0.1) is 0 Å². The van der Waals surface area contributed by atoms with Crippen LogP contribution in [0.4, 0.5) is 5.69 Å². The van der Waals surface area contributed by atoms with Gasteiger partial charge in [-0.25, -0.2) is 4.79 Å². The number of ether oxygens (including phenoxy) is 2. The third-order valence-electron chi connectivity index (χ3n) is 3.92. The van der Waals surface area contributed by atoms with Crippen molar-refractivity contribution in [2.24, 2.45) is 0 Å². The number of esters is 1. The number of morpholine rings is 1. The minimum absolute atomic E-state index is 0.256. The number of carbonyl (C=O) groups is 1. The van der Waals surface area contributed by atoms with Crippen LogP contribution in [0.2, 0.25) is 0 Å². The number of hydrogen-bond donors (Lipinski definition) is 0. The minimum Gasteiger partial charge on any atom is -0.462 e. The second-order valence-corrected chi connectivity index (χ2v) is 6.70. The Balaban J connectivity index is 1.75. The zero-order valence-electron chi connectivity index (χ0n) is 13.6. The average molecular weight is 334 g/mol. The van der Waals surface area contributed by atoms with Gasteiger partial charge in [-0.3, -0.25) is 4.90 Å². The number of thioether (sulfide) groups is 1. The van der Waals surface area contributed by atoms with Crippen LogP contribution in [0.1, 0.15) is 12.5 Å². The monoisotopic (exact) mass is 334 g/mol. The highest BCUT2D eigenvalue weighted by Gasteiger charge is 2.22. The van der Waals surface area contributed by atoms with E-state index in [1.54, 1.807) is 0 Å². The summed E-state index contributed by atoms with van der Waals surface area (Å²) in [7, 11) is 1.96. The molecule has 1 saturated heterocycles. The predicted molar refractivity (Wildman–Crippen MR) is 91.5 cm³/mol. The molecule has 2 heterocycles. The molecule has 0 aromatic heterocycles. The second kappa shape index (κ2) is 7.38. The van der Waals surface area contributed by atoms with E-state index in [4.69, 9.17) is 9.47 Å². The highest BCUT2D eigenvalue weighted by Crippen LogP contribution is 2.40. The number of benzene rings is 1. The third kappa shape index (κ3) is 3.88. The predicted octanol–water partition coefficient (Wildman–Crippen LogP) is 2.47. The van der Waals surface area contributed by atoms with Crippen molar-refractivity contribution in [3.8, 4) is 0 Å². The van der Waals surface area contributed by atoms with Crippen molar-refractivity contribution in [2.45, 2.75) is 18.4 Å². The van der Waals surface area contributed by atoms with E-state index in [1.165, 1.54) is 17.3 Å². The number of fused-ring (bicyclic) bond motifs is 1. The van der Waals surface area contributed by atoms with E-state index in [0.29, 0.717) is 11.5 Å². The summed E-state index contributed by atoms with van der Waals surface area (Å²) >= 11 is 1.49. The maximum absolute atomic E-state index is 12.0. The Kier molecular flexibility index (Phi) is 5.25. The van der Waals surface area contributed by atoms with Gasteiger partial charge in [0.25, 0.3) is 0 Å². The summed E-state index contributed by atoms with van der Waals surface area (Å²) < 4.78 is 10.5. The van der Waals surface area contributed by atoms with Gasteiger partial charge in [0.1, 0.15) is 4.91 Å². The van der Waals surface area contributed by atoms with E-state index in [9.17, 15) is 4.79 Å². The fraction of sp³-hybridized carbons (Fsp3) is 0.471. The van der Waals surface area contributed by atoms with Crippen molar-refractivity contribution < 1.29 is 14.3 Å². The SMILES string of the molecule is CCOC(=O)C1=CN(C)c2ccc(CN3CCOCC3)cc2S1. The van der Waals surface area contributed by atoms with E-state index in [0.717, 1.165) is 43.4 Å². The largest absolute Gasteiger partial charge is 0.462 e. The van der Waals surface area contributed by atoms with E-state index < -0.39 is 0 Å². The van der Waals surface area contributed by atoms with E-state index >= 15 is 0 Å². The smallest absolute Gasteiger partial charge is 0.346 e. The van der Waals surface area contributed by atoms with Crippen molar-refractivity contribution in [1.29, 1.82) is 0 Å². The first-order valence-electron chi connectivity index (χ1n) is 7.90. The molecule has 0 radical (unpaired) electrons. The number of carbonyl (C=O) groups excluding carboxylic acids is 1. The molecule has 0 saturated carbocycles. The Hall–Kier alpha value is -1.50. The summed E-state index contributed by atoms with van der Waals surface area (Å²) in [5.74, 6) is -0.256. The second-order valence-electron chi connectivity index (χ2n) is 5.62. The van der Waals surface area contributed by atoms with Crippen LogP contribution >= 0.6 is 11.8 Å². The van der Waals surface area contributed by atoms with Crippen LogP contribution in [0.15, 0.2) is 34.2 Å². The lowest BCUT2D eigenvalue weighted by atomic mass is 10.1. The Morgan fingerprint density at radius 3 is 2.87 bits per heavy atom. The molecule has 0 N–H and O–H groups in total. The lowest BCUT2D eigenvalue weighted by Gasteiger charge is -2.28. The average Bonchev–Trinajstić information content (AvgIpc) is 2.55. The molecule has 5 nitrogen and oxygen atoms in total. The van der Waals surface area contributed by atoms with Crippen molar-refractivity contribution in [3.05, 3.63) is 34.9 Å². The van der Waals surface area contributed by atoms with Crippen molar-refractivity contribution in [1.82, 2.24) is 4.90 Å². The Morgan fingerprint density at radius 2 is 2.13 bits per heavy atom. The summed E-state index contributed by atoms with van der Waals surface area (Å²) in [6, 6.07) is 6.46. The van der Waals surface area contributed by atoms with Crippen LogP contribution in [0.5, 0.6) is 0 Å². The molecule has 124 valence electrons. The van der Waals surface area contributed by atoms with E-state index in [1.807, 2.05) is 25.1 Å². The van der Waals surface area contributed by atoms with Gasteiger partial charge in [-0.05, 0) is 24.6 Å². The summed E-state index contributed by atoms with van der Waals surface area (Å²) in [6.07, 6.45) is 1.84. The molecule has 1 fully saturated rings. The number of rotatable bonds is 4. The normalized spacial score (nSPS) is 18.3. The van der Waals surface area contributed by atoms with Crippen molar-refractivity contribution in [2.75, 3.05) is 44.9 Å². The first-order valence-corrected chi connectivity index (χ1v) is 8.71. The van der Waals surface area contributed by atoms with Crippen LogP contribution < -0.4 is 4.90 Å². The first kappa shape index (κ1) is 16.4. The van der Waals surface area contributed by atoms with Gasteiger partial charge in [-0.15, -0.1) is 0 Å². The standard InChI is InChI=1S/C17H22N2O3S/c1-3-22-17(20)16-12-18(2)14-5-4-13(10-15(14)23-16)11-19-6-8-21-9-7-19/h4-5,10,12H,3,6-9,11H2,1-2H3. The van der Waals surface area contributed by atoms with Gasteiger partial charge in [0.2, 0.25) is 0 Å². The Labute approximate surface area is 141 Å². The van der Waals surface area contributed by atoms with Crippen LogP contribution in [0.25, 0.3) is 0 Å². The molecule has 0 amide bonds. The third-order valence-corrected chi connectivity index (χ3v) is 4.96. The van der Waals surface area contributed by atoms with Gasteiger partial charge >= 0.3 is 5.97 Å². The van der Waals surface area contributed by atoms with Gasteiger partial charge in [-0.2, -0.15) is 0 Å². The molecule has 1 aromatic carbocycles. The van der Waals surface area contributed by atoms with Gasteiger partial charge in [-0.1, -0.05) is 17.8 Å². The van der Waals surface area contributed by atoms with Gasteiger partial charge in [0.15, 0.2) is 0 Å². The molecule has 0 bridgehead atoms. The molecular weight excluding hydrogens is 312 g/mol. The van der Waals surface area contributed by atoms with E-state index in [-0.39, 0.29) is 5.97 Å².